The largest absolute Gasteiger partial charge is 0.481 e. The molecule has 1 heterocycles. The molecule has 1 amide bonds. The quantitative estimate of drug-likeness (QED) is 0.884. The molecule has 0 saturated carbocycles. The number of hydrogen-bond acceptors (Lipinski definition) is 4. The lowest BCUT2D eigenvalue weighted by Gasteiger charge is -2.16. The van der Waals surface area contributed by atoms with E-state index in [9.17, 15) is 17.6 Å². The van der Waals surface area contributed by atoms with Crippen LogP contribution in [0.25, 0.3) is 0 Å². The highest BCUT2D eigenvalue weighted by atomic mass is 32.2. The van der Waals surface area contributed by atoms with Gasteiger partial charge >= 0.3 is 0 Å². The Morgan fingerprint density at radius 2 is 2.29 bits per heavy atom. The molecule has 0 radical (unpaired) electrons. The summed E-state index contributed by atoms with van der Waals surface area (Å²) in [6.45, 7) is 1.88. The number of halogens is 1. The van der Waals surface area contributed by atoms with Gasteiger partial charge in [-0.25, -0.2) is 12.8 Å². The second-order valence-corrected chi connectivity index (χ2v) is 7.46. The summed E-state index contributed by atoms with van der Waals surface area (Å²) in [5, 5.41) is 2.67. The monoisotopic (exact) mass is 315 g/mol. The van der Waals surface area contributed by atoms with Crippen LogP contribution in [-0.4, -0.2) is 38.5 Å². The maximum absolute atomic E-state index is 13.0. The first-order valence-corrected chi connectivity index (χ1v) is 8.58. The predicted molar refractivity (Wildman–Crippen MR) is 76.3 cm³/mol. The number of carbonyl (C=O) groups is 1. The summed E-state index contributed by atoms with van der Waals surface area (Å²) in [6.07, 6.45) is -0.202. The van der Waals surface area contributed by atoms with Crippen molar-refractivity contribution in [1.29, 1.82) is 0 Å². The lowest BCUT2D eigenvalue weighted by Crippen LogP contribution is -2.39. The zero-order chi connectivity index (χ0) is 15.5. The Balaban J connectivity index is 1.80. The Morgan fingerprint density at radius 1 is 1.52 bits per heavy atom. The molecule has 21 heavy (non-hydrogen) atoms. The standard InChI is InChI=1S/C14H18FNO4S/c1-10(20-13-4-2-3-12(15)7-13)14(17)16-8-11-5-6-21(18,19)9-11/h2-4,7,10-11H,5-6,8-9H2,1H3,(H,16,17)/t10-,11+/m0/s1. The molecule has 1 fully saturated rings. The van der Waals surface area contributed by atoms with E-state index >= 15 is 0 Å². The topological polar surface area (TPSA) is 72.5 Å². The van der Waals surface area contributed by atoms with Crippen molar-refractivity contribution < 1.29 is 22.3 Å². The summed E-state index contributed by atoms with van der Waals surface area (Å²) in [6, 6.07) is 5.56. The van der Waals surface area contributed by atoms with Crippen molar-refractivity contribution in [3.05, 3.63) is 30.1 Å². The van der Waals surface area contributed by atoms with Crippen LogP contribution >= 0.6 is 0 Å². The Kier molecular flexibility index (Phi) is 4.82. The van der Waals surface area contributed by atoms with E-state index in [1.807, 2.05) is 0 Å². The van der Waals surface area contributed by atoms with Gasteiger partial charge in [0.2, 0.25) is 0 Å². The lowest BCUT2D eigenvalue weighted by atomic mass is 10.1. The molecule has 2 atom stereocenters. The maximum atomic E-state index is 13.0. The molecule has 0 aromatic heterocycles. The highest BCUT2D eigenvalue weighted by Gasteiger charge is 2.28. The number of carbonyl (C=O) groups excluding carboxylic acids is 1. The Bertz CT molecular complexity index is 617. The molecule has 1 N–H and O–H groups in total. The van der Waals surface area contributed by atoms with Gasteiger partial charge in [-0.1, -0.05) is 6.07 Å². The summed E-state index contributed by atoms with van der Waals surface area (Å²) in [7, 11) is -2.94. The van der Waals surface area contributed by atoms with Crippen molar-refractivity contribution in [3.8, 4) is 5.75 Å². The molecule has 0 bridgehead atoms. The number of sulfone groups is 1. The Hall–Kier alpha value is -1.63. The molecule has 5 nitrogen and oxygen atoms in total. The van der Waals surface area contributed by atoms with Crippen LogP contribution in [0.2, 0.25) is 0 Å². The second kappa shape index (κ2) is 6.43. The number of nitrogens with one attached hydrogen (secondary N) is 1. The summed E-state index contributed by atoms with van der Waals surface area (Å²) in [5.41, 5.74) is 0. The Labute approximate surface area is 123 Å². The van der Waals surface area contributed by atoms with Crippen LogP contribution in [0, 0.1) is 11.7 Å². The molecule has 2 rings (SSSR count). The highest BCUT2D eigenvalue weighted by molar-refractivity contribution is 7.91. The van der Waals surface area contributed by atoms with E-state index in [2.05, 4.69) is 5.32 Å². The average molecular weight is 315 g/mol. The summed E-state index contributed by atoms with van der Waals surface area (Å²) < 4.78 is 41.0. The predicted octanol–water partition coefficient (Wildman–Crippen LogP) is 1.14. The van der Waals surface area contributed by atoms with Gasteiger partial charge in [0.15, 0.2) is 15.9 Å². The van der Waals surface area contributed by atoms with Gasteiger partial charge in [0.05, 0.1) is 11.5 Å². The smallest absolute Gasteiger partial charge is 0.260 e. The molecule has 1 aromatic carbocycles. The molecule has 1 saturated heterocycles. The molecule has 7 heteroatoms. The molecule has 0 spiro atoms. The molecular formula is C14H18FNO4S. The van der Waals surface area contributed by atoms with Crippen molar-refractivity contribution in [2.45, 2.75) is 19.4 Å². The molecule has 116 valence electrons. The number of benzene rings is 1. The maximum Gasteiger partial charge on any atom is 0.260 e. The van der Waals surface area contributed by atoms with Gasteiger partial charge in [0.1, 0.15) is 11.6 Å². The average Bonchev–Trinajstić information content (AvgIpc) is 2.75. The van der Waals surface area contributed by atoms with E-state index in [1.165, 1.54) is 18.2 Å². The van der Waals surface area contributed by atoms with Gasteiger partial charge in [0.25, 0.3) is 5.91 Å². The third-order valence-corrected chi connectivity index (χ3v) is 5.21. The van der Waals surface area contributed by atoms with Gasteiger partial charge in [-0.15, -0.1) is 0 Å². The van der Waals surface area contributed by atoms with Gasteiger partial charge in [0, 0.05) is 12.6 Å². The SMILES string of the molecule is C[C@H](Oc1cccc(F)c1)C(=O)NC[C@H]1CCS(=O)(=O)C1. The van der Waals surface area contributed by atoms with Crippen LogP contribution < -0.4 is 10.1 Å². The molecule has 1 aliphatic heterocycles. The van der Waals surface area contributed by atoms with E-state index in [0.717, 1.165) is 0 Å². The first-order valence-electron chi connectivity index (χ1n) is 6.76. The van der Waals surface area contributed by atoms with Crippen molar-refractivity contribution in [2.75, 3.05) is 18.1 Å². The van der Waals surface area contributed by atoms with Gasteiger partial charge in [-0.05, 0) is 31.4 Å². The van der Waals surface area contributed by atoms with Crippen LogP contribution in [0.3, 0.4) is 0 Å². The molecule has 1 aliphatic rings. The number of hydrogen-bond donors (Lipinski definition) is 1. The van der Waals surface area contributed by atoms with E-state index in [-0.39, 0.29) is 29.1 Å². The second-order valence-electron chi connectivity index (χ2n) is 5.23. The van der Waals surface area contributed by atoms with Gasteiger partial charge in [-0.3, -0.25) is 4.79 Å². The minimum Gasteiger partial charge on any atom is -0.481 e. The minimum absolute atomic E-state index is 0.0414. The van der Waals surface area contributed by atoms with Crippen LogP contribution in [0.1, 0.15) is 13.3 Å². The fraction of sp³-hybridized carbons (Fsp3) is 0.500. The summed E-state index contributed by atoms with van der Waals surface area (Å²) in [5.74, 6) is -0.240. The van der Waals surface area contributed by atoms with Crippen LogP contribution in [0.5, 0.6) is 5.75 Å². The number of ether oxygens (including phenoxy) is 1. The molecule has 0 aliphatic carbocycles. The normalized spacial score (nSPS) is 21.7. The van der Waals surface area contributed by atoms with E-state index in [1.54, 1.807) is 13.0 Å². The van der Waals surface area contributed by atoms with E-state index in [0.29, 0.717) is 13.0 Å². The van der Waals surface area contributed by atoms with Gasteiger partial charge < -0.3 is 10.1 Å². The third-order valence-electron chi connectivity index (χ3n) is 3.37. The zero-order valence-electron chi connectivity index (χ0n) is 11.7. The number of rotatable bonds is 5. The van der Waals surface area contributed by atoms with Crippen molar-refractivity contribution in [1.82, 2.24) is 5.32 Å². The minimum atomic E-state index is -2.94. The fourth-order valence-electron chi connectivity index (χ4n) is 2.22. The van der Waals surface area contributed by atoms with E-state index in [4.69, 9.17) is 4.74 Å². The molecule has 1 aromatic rings. The van der Waals surface area contributed by atoms with Crippen LogP contribution in [0.15, 0.2) is 24.3 Å². The first-order chi connectivity index (χ1) is 9.85. The molecule has 0 unspecified atom stereocenters. The lowest BCUT2D eigenvalue weighted by molar-refractivity contribution is -0.127. The zero-order valence-corrected chi connectivity index (χ0v) is 12.5. The number of amides is 1. The summed E-state index contributed by atoms with van der Waals surface area (Å²) >= 11 is 0. The van der Waals surface area contributed by atoms with Crippen LogP contribution in [0.4, 0.5) is 4.39 Å². The highest BCUT2D eigenvalue weighted by Crippen LogP contribution is 2.17. The summed E-state index contributed by atoms with van der Waals surface area (Å²) in [4.78, 5) is 11.9. The van der Waals surface area contributed by atoms with Crippen LogP contribution in [-0.2, 0) is 14.6 Å². The van der Waals surface area contributed by atoms with Crippen molar-refractivity contribution in [3.63, 3.8) is 0 Å². The Morgan fingerprint density at radius 3 is 2.90 bits per heavy atom. The fourth-order valence-corrected chi connectivity index (χ4v) is 4.08. The van der Waals surface area contributed by atoms with E-state index < -0.39 is 21.8 Å². The third kappa shape index (κ3) is 4.70. The van der Waals surface area contributed by atoms with Crippen molar-refractivity contribution >= 4 is 15.7 Å². The van der Waals surface area contributed by atoms with Gasteiger partial charge in [-0.2, -0.15) is 0 Å². The van der Waals surface area contributed by atoms with Crippen molar-refractivity contribution in [2.24, 2.45) is 5.92 Å². The molecular weight excluding hydrogens is 297 g/mol. The first kappa shape index (κ1) is 15.8.